The predicted octanol–water partition coefficient (Wildman–Crippen LogP) is 0.435. The first-order valence-corrected chi connectivity index (χ1v) is 7.01. The lowest BCUT2D eigenvalue weighted by molar-refractivity contribution is -0.127. The third-order valence-electron chi connectivity index (χ3n) is 4.10. The molecule has 0 aromatic rings. The van der Waals surface area contributed by atoms with Crippen molar-refractivity contribution in [2.45, 2.75) is 44.6 Å². The zero-order valence-electron chi connectivity index (χ0n) is 11.5. The topological polar surface area (TPSA) is 102 Å². The quantitative estimate of drug-likeness (QED) is 0.710. The van der Waals surface area contributed by atoms with Crippen LogP contribution < -0.4 is 11.6 Å². The minimum atomic E-state index is -0.723. The summed E-state index contributed by atoms with van der Waals surface area (Å²) < 4.78 is 0. The molecule has 1 aliphatic carbocycles. The van der Waals surface area contributed by atoms with Crippen LogP contribution in [0.2, 0.25) is 0 Å². The molecule has 0 saturated heterocycles. The Kier molecular flexibility index (Phi) is 4.67. The monoisotopic (exact) mass is 277 g/mol. The molecule has 6 heteroatoms. The van der Waals surface area contributed by atoms with E-state index in [1.54, 1.807) is 18.7 Å². The van der Waals surface area contributed by atoms with Gasteiger partial charge >= 0.3 is 0 Å². The van der Waals surface area contributed by atoms with Crippen LogP contribution in [-0.2, 0) is 9.59 Å². The van der Waals surface area contributed by atoms with Gasteiger partial charge in [-0.1, -0.05) is 19.3 Å². The highest BCUT2D eigenvalue weighted by molar-refractivity contribution is 6.01. The number of Topliss-reactive ketones (excluding diaryl/α,β-unsaturated/α-hetero) is 1. The van der Waals surface area contributed by atoms with Crippen molar-refractivity contribution in [3.05, 3.63) is 11.9 Å². The largest absolute Gasteiger partial charge is 0.321 e. The molecule has 1 atom stereocenters. The molecular weight excluding hydrogens is 256 g/mol. The Morgan fingerprint density at radius 2 is 2.15 bits per heavy atom. The van der Waals surface area contributed by atoms with E-state index >= 15 is 0 Å². The number of hydrogen-bond acceptors (Lipinski definition) is 6. The summed E-state index contributed by atoms with van der Waals surface area (Å²) in [6, 6.07) is -0.723. The molecule has 2 aliphatic rings. The number of hydrazine groups is 1. The van der Waals surface area contributed by atoms with Crippen molar-refractivity contribution in [1.82, 2.24) is 5.01 Å². The van der Waals surface area contributed by atoms with E-state index in [0.29, 0.717) is 18.7 Å². The van der Waals surface area contributed by atoms with Crippen molar-refractivity contribution >= 4 is 18.3 Å². The van der Waals surface area contributed by atoms with E-state index < -0.39 is 11.5 Å². The van der Waals surface area contributed by atoms with Crippen LogP contribution in [0, 0.1) is 5.41 Å². The molecule has 0 aromatic heterocycles. The zero-order chi connectivity index (χ0) is 14.6. The normalized spacial score (nSPS) is 23.1. The Labute approximate surface area is 118 Å². The second-order valence-electron chi connectivity index (χ2n) is 5.62. The Balaban J connectivity index is 2.23. The maximum atomic E-state index is 12.8. The van der Waals surface area contributed by atoms with Crippen LogP contribution in [0.25, 0.3) is 0 Å². The van der Waals surface area contributed by atoms with Crippen molar-refractivity contribution in [3.8, 4) is 0 Å². The number of ketones is 1. The van der Waals surface area contributed by atoms with Crippen molar-refractivity contribution < 1.29 is 9.59 Å². The average Bonchev–Trinajstić information content (AvgIpc) is 2.47. The molecule has 0 unspecified atom stereocenters. The number of aliphatic imine (C=N–C) groups is 1. The van der Waals surface area contributed by atoms with Crippen molar-refractivity contribution in [2.75, 3.05) is 6.54 Å². The van der Waals surface area contributed by atoms with Gasteiger partial charge in [-0.2, -0.15) is 0 Å². The fourth-order valence-corrected chi connectivity index (χ4v) is 3.08. The first-order valence-electron chi connectivity index (χ1n) is 7.01. The number of carbonyl (C=O) groups is 1. The van der Waals surface area contributed by atoms with Gasteiger partial charge in [0, 0.05) is 17.8 Å². The number of allylic oxidation sites excluding steroid dienone is 1. The molecule has 0 spiro atoms. The number of carbonyl (C=O) groups excluding carboxylic acids is 2. The smallest absolute Gasteiger partial charge is 0.216 e. The first kappa shape index (κ1) is 14.9. The standard InChI is InChI=1S/C14H21N4O2/c15-11(10-19)8-14(4-2-1-3-5-14)13(20)12-9-18(16)7-6-17-12/h6,9,11H,1-5,7-8,15-16H2/t11-/m0/s1. The van der Waals surface area contributed by atoms with Gasteiger partial charge in [0.2, 0.25) is 6.29 Å². The molecule has 109 valence electrons. The number of hydrogen-bond donors (Lipinski definition) is 2. The third kappa shape index (κ3) is 3.13. The summed E-state index contributed by atoms with van der Waals surface area (Å²) in [4.78, 5) is 27.7. The lowest BCUT2D eigenvalue weighted by atomic mass is 9.67. The Hall–Kier alpha value is -1.53. The van der Waals surface area contributed by atoms with E-state index in [1.807, 2.05) is 0 Å². The minimum absolute atomic E-state index is 0.0469. The molecule has 0 bridgehead atoms. The fraction of sp³-hybridized carbons (Fsp3) is 0.643. The molecule has 1 heterocycles. The molecule has 0 aromatic carbocycles. The Morgan fingerprint density at radius 1 is 1.45 bits per heavy atom. The van der Waals surface area contributed by atoms with E-state index in [-0.39, 0.29) is 5.78 Å². The summed E-state index contributed by atoms with van der Waals surface area (Å²) in [5.41, 5.74) is 5.49. The van der Waals surface area contributed by atoms with Gasteiger partial charge in [0.05, 0.1) is 12.6 Å². The van der Waals surface area contributed by atoms with E-state index in [4.69, 9.17) is 11.6 Å². The fourth-order valence-electron chi connectivity index (χ4n) is 3.08. The van der Waals surface area contributed by atoms with Gasteiger partial charge in [-0.3, -0.25) is 14.6 Å². The van der Waals surface area contributed by atoms with Gasteiger partial charge in [0.25, 0.3) is 0 Å². The van der Waals surface area contributed by atoms with Gasteiger partial charge in [0.15, 0.2) is 5.78 Å². The predicted molar refractivity (Wildman–Crippen MR) is 76.3 cm³/mol. The van der Waals surface area contributed by atoms with Crippen LogP contribution in [0.1, 0.15) is 38.5 Å². The second-order valence-corrected chi connectivity index (χ2v) is 5.62. The summed E-state index contributed by atoms with van der Waals surface area (Å²) in [5.74, 6) is 5.64. The van der Waals surface area contributed by atoms with Gasteiger partial charge in [-0.15, -0.1) is 0 Å². The van der Waals surface area contributed by atoms with E-state index in [1.165, 1.54) is 5.01 Å². The first-order chi connectivity index (χ1) is 9.57. The van der Waals surface area contributed by atoms with E-state index in [9.17, 15) is 9.59 Å². The SMILES string of the molecule is N[C@H]([C]=O)CC1(C(=O)C2=CN(N)CC=N2)CCCCC1. The highest BCUT2D eigenvalue weighted by Crippen LogP contribution is 2.42. The molecular formula is C14H21N4O2. The lowest BCUT2D eigenvalue weighted by Crippen LogP contribution is -2.42. The maximum Gasteiger partial charge on any atom is 0.216 e. The molecule has 1 aliphatic heterocycles. The van der Waals surface area contributed by atoms with Gasteiger partial charge in [-0.05, 0) is 19.3 Å². The van der Waals surface area contributed by atoms with Crippen molar-refractivity contribution in [1.29, 1.82) is 0 Å². The Bertz CT molecular complexity index is 438. The average molecular weight is 277 g/mol. The third-order valence-corrected chi connectivity index (χ3v) is 4.10. The molecule has 1 saturated carbocycles. The van der Waals surface area contributed by atoms with Crippen LogP contribution in [0.3, 0.4) is 0 Å². The van der Waals surface area contributed by atoms with Gasteiger partial charge in [-0.25, -0.2) is 5.84 Å². The maximum absolute atomic E-state index is 12.8. The minimum Gasteiger partial charge on any atom is -0.321 e. The molecule has 1 fully saturated rings. The second kappa shape index (κ2) is 6.28. The van der Waals surface area contributed by atoms with Crippen LogP contribution >= 0.6 is 0 Å². The number of nitrogens with two attached hydrogens (primary N) is 2. The van der Waals surface area contributed by atoms with Crippen molar-refractivity contribution in [3.63, 3.8) is 0 Å². The van der Waals surface area contributed by atoms with Crippen molar-refractivity contribution in [2.24, 2.45) is 22.0 Å². The lowest BCUT2D eigenvalue weighted by Gasteiger charge is -2.37. The summed E-state index contributed by atoms with van der Waals surface area (Å²) in [5, 5.41) is 1.43. The van der Waals surface area contributed by atoms with Crippen LogP contribution in [0.4, 0.5) is 0 Å². The molecule has 2 rings (SSSR count). The number of nitrogens with zero attached hydrogens (tertiary/aromatic N) is 2. The summed E-state index contributed by atoms with van der Waals surface area (Å²) in [7, 11) is 0. The molecule has 4 N–H and O–H groups in total. The summed E-state index contributed by atoms with van der Waals surface area (Å²) >= 11 is 0. The summed E-state index contributed by atoms with van der Waals surface area (Å²) in [6.07, 6.45) is 9.87. The van der Waals surface area contributed by atoms with E-state index in [2.05, 4.69) is 4.99 Å². The molecule has 20 heavy (non-hydrogen) atoms. The Morgan fingerprint density at radius 3 is 2.75 bits per heavy atom. The molecule has 1 radical (unpaired) electrons. The zero-order valence-corrected chi connectivity index (χ0v) is 11.5. The number of rotatable bonds is 5. The van der Waals surface area contributed by atoms with E-state index in [0.717, 1.165) is 32.1 Å². The van der Waals surface area contributed by atoms with Gasteiger partial charge < -0.3 is 10.7 Å². The van der Waals surface area contributed by atoms with Crippen LogP contribution in [0.15, 0.2) is 16.9 Å². The molecule has 6 nitrogen and oxygen atoms in total. The highest BCUT2D eigenvalue weighted by Gasteiger charge is 2.42. The van der Waals surface area contributed by atoms with Gasteiger partial charge in [0.1, 0.15) is 5.70 Å². The van der Waals surface area contributed by atoms with Crippen LogP contribution in [-0.4, -0.2) is 35.9 Å². The summed E-state index contributed by atoms with van der Waals surface area (Å²) in [6.45, 7) is 0.491. The van der Waals surface area contributed by atoms with Crippen LogP contribution in [0.5, 0.6) is 0 Å². The highest BCUT2D eigenvalue weighted by atomic mass is 16.1. The molecule has 0 amide bonds.